The van der Waals surface area contributed by atoms with E-state index in [2.05, 4.69) is 5.32 Å². The number of nitrogens with zero attached hydrogens (tertiary/aromatic N) is 1. The Morgan fingerprint density at radius 2 is 2.12 bits per heavy atom. The number of urea groups is 1. The molecule has 1 rings (SSSR count). The Morgan fingerprint density at radius 1 is 1.50 bits per heavy atom. The average molecular weight is 224 g/mol. The van der Waals surface area contributed by atoms with E-state index in [9.17, 15) is 9.18 Å². The molecule has 3 nitrogen and oxygen atoms in total. The Labute approximate surface area is 95.3 Å². The van der Waals surface area contributed by atoms with E-state index in [-0.39, 0.29) is 17.9 Å². The molecule has 0 bridgehead atoms. The molecule has 0 radical (unpaired) electrons. The van der Waals surface area contributed by atoms with Gasteiger partial charge in [-0.15, -0.1) is 0 Å². The Hall–Kier alpha value is -1.58. The van der Waals surface area contributed by atoms with Gasteiger partial charge in [-0.05, 0) is 19.9 Å². The molecule has 0 aliphatic carbocycles. The summed E-state index contributed by atoms with van der Waals surface area (Å²) >= 11 is 0. The van der Waals surface area contributed by atoms with E-state index in [1.807, 2.05) is 6.92 Å². The van der Waals surface area contributed by atoms with Gasteiger partial charge >= 0.3 is 6.03 Å². The number of halogens is 1. The normalized spacial score (nSPS) is 12.0. The number of hydrogen-bond donors (Lipinski definition) is 1. The van der Waals surface area contributed by atoms with Crippen LogP contribution in [0.3, 0.4) is 0 Å². The van der Waals surface area contributed by atoms with Gasteiger partial charge in [0, 0.05) is 19.2 Å². The van der Waals surface area contributed by atoms with Crippen molar-refractivity contribution >= 4 is 6.03 Å². The molecule has 1 aromatic carbocycles. The highest BCUT2D eigenvalue weighted by atomic mass is 19.1. The predicted molar refractivity (Wildman–Crippen MR) is 61.7 cm³/mol. The van der Waals surface area contributed by atoms with Crippen molar-refractivity contribution in [2.75, 3.05) is 13.6 Å². The summed E-state index contributed by atoms with van der Waals surface area (Å²) in [4.78, 5) is 13.0. The molecule has 1 aromatic rings. The minimum Gasteiger partial charge on any atom is -0.338 e. The van der Waals surface area contributed by atoms with Crippen molar-refractivity contribution in [1.29, 1.82) is 0 Å². The van der Waals surface area contributed by atoms with Gasteiger partial charge in [0.1, 0.15) is 5.82 Å². The van der Waals surface area contributed by atoms with Crippen LogP contribution in [0.25, 0.3) is 0 Å². The molecular weight excluding hydrogens is 207 g/mol. The van der Waals surface area contributed by atoms with Gasteiger partial charge < -0.3 is 10.2 Å². The molecule has 1 unspecified atom stereocenters. The maximum atomic E-state index is 13.5. The van der Waals surface area contributed by atoms with E-state index in [1.54, 1.807) is 32.2 Å². The zero-order valence-electron chi connectivity index (χ0n) is 9.83. The van der Waals surface area contributed by atoms with E-state index in [0.29, 0.717) is 12.1 Å². The lowest BCUT2D eigenvalue weighted by atomic mass is 10.1. The van der Waals surface area contributed by atoms with Crippen LogP contribution in [0.1, 0.15) is 25.5 Å². The highest BCUT2D eigenvalue weighted by molar-refractivity contribution is 5.74. The number of hydrogen-bond acceptors (Lipinski definition) is 1. The van der Waals surface area contributed by atoms with Gasteiger partial charge in [0.25, 0.3) is 0 Å². The lowest BCUT2D eigenvalue weighted by Gasteiger charge is -2.25. The first kappa shape index (κ1) is 12.5. The summed E-state index contributed by atoms with van der Waals surface area (Å²) in [6.45, 7) is 4.21. The van der Waals surface area contributed by atoms with Crippen molar-refractivity contribution in [1.82, 2.24) is 10.2 Å². The molecule has 0 aliphatic heterocycles. The summed E-state index contributed by atoms with van der Waals surface area (Å²) in [5.41, 5.74) is 0.524. The number of nitrogens with one attached hydrogen (secondary N) is 1. The first-order chi connectivity index (χ1) is 7.57. The number of rotatable bonds is 3. The number of benzene rings is 1. The van der Waals surface area contributed by atoms with Crippen molar-refractivity contribution in [2.45, 2.75) is 19.9 Å². The van der Waals surface area contributed by atoms with E-state index in [4.69, 9.17) is 0 Å². The van der Waals surface area contributed by atoms with Crippen molar-refractivity contribution in [3.05, 3.63) is 35.6 Å². The van der Waals surface area contributed by atoms with Crippen LogP contribution in [0, 0.1) is 5.82 Å². The monoisotopic (exact) mass is 224 g/mol. The highest BCUT2D eigenvalue weighted by Crippen LogP contribution is 2.21. The van der Waals surface area contributed by atoms with Crippen LogP contribution in [-0.2, 0) is 0 Å². The summed E-state index contributed by atoms with van der Waals surface area (Å²) in [5.74, 6) is -0.286. The smallest absolute Gasteiger partial charge is 0.317 e. The van der Waals surface area contributed by atoms with E-state index in [0.717, 1.165) is 0 Å². The molecule has 4 heteroatoms. The fraction of sp³-hybridized carbons (Fsp3) is 0.417. The van der Waals surface area contributed by atoms with Crippen molar-refractivity contribution < 1.29 is 9.18 Å². The zero-order valence-corrected chi connectivity index (χ0v) is 9.83. The van der Waals surface area contributed by atoms with Crippen LogP contribution in [0.5, 0.6) is 0 Å². The third-order valence-electron chi connectivity index (χ3n) is 2.58. The molecule has 0 saturated heterocycles. The van der Waals surface area contributed by atoms with E-state index in [1.165, 1.54) is 11.0 Å². The van der Waals surface area contributed by atoms with Gasteiger partial charge in [-0.3, -0.25) is 0 Å². The standard InChI is InChI=1S/C12H17FN2O/c1-4-14-12(16)15(3)9(2)10-7-5-6-8-11(10)13/h5-9H,4H2,1-3H3,(H,14,16). The Morgan fingerprint density at radius 3 is 2.69 bits per heavy atom. The first-order valence-corrected chi connectivity index (χ1v) is 5.33. The summed E-state index contributed by atoms with van der Waals surface area (Å²) in [6.07, 6.45) is 0. The highest BCUT2D eigenvalue weighted by Gasteiger charge is 2.18. The quantitative estimate of drug-likeness (QED) is 0.840. The minimum atomic E-state index is -0.286. The van der Waals surface area contributed by atoms with Crippen LogP contribution < -0.4 is 5.32 Å². The molecule has 88 valence electrons. The summed E-state index contributed by atoms with van der Waals surface area (Å²) in [7, 11) is 1.65. The number of amides is 2. The van der Waals surface area contributed by atoms with Crippen LogP contribution in [0.4, 0.5) is 9.18 Å². The van der Waals surface area contributed by atoms with Crippen molar-refractivity contribution in [3.8, 4) is 0 Å². The van der Waals surface area contributed by atoms with Gasteiger partial charge in [0.05, 0.1) is 6.04 Å². The van der Waals surface area contributed by atoms with Crippen LogP contribution >= 0.6 is 0 Å². The Balaban J connectivity index is 2.82. The average Bonchev–Trinajstić information content (AvgIpc) is 2.28. The third kappa shape index (κ3) is 2.72. The molecule has 0 fully saturated rings. The van der Waals surface area contributed by atoms with E-state index >= 15 is 0 Å². The summed E-state index contributed by atoms with van der Waals surface area (Å²) in [6, 6.07) is 6.01. The molecule has 1 N–H and O–H groups in total. The molecular formula is C12H17FN2O. The van der Waals surface area contributed by atoms with Gasteiger partial charge in [0.2, 0.25) is 0 Å². The fourth-order valence-corrected chi connectivity index (χ4v) is 1.47. The van der Waals surface area contributed by atoms with E-state index < -0.39 is 0 Å². The van der Waals surface area contributed by atoms with Gasteiger partial charge in [0.15, 0.2) is 0 Å². The Kier molecular flexibility index (Phi) is 4.28. The second kappa shape index (κ2) is 5.49. The number of carbonyl (C=O) groups excluding carboxylic acids is 1. The van der Waals surface area contributed by atoms with Gasteiger partial charge in [-0.2, -0.15) is 0 Å². The largest absolute Gasteiger partial charge is 0.338 e. The van der Waals surface area contributed by atoms with Crippen molar-refractivity contribution in [3.63, 3.8) is 0 Å². The van der Waals surface area contributed by atoms with Crippen LogP contribution in [-0.4, -0.2) is 24.5 Å². The second-order valence-electron chi connectivity index (χ2n) is 3.64. The van der Waals surface area contributed by atoms with Crippen molar-refractivity contribution in [2.24, 2.45) is 0 Å². The second-order valence-corrected chi connectivity index (χ2v) is 3.64. The van der Waals surface area contributed by atoms with Crippen LogP contribution in [0.2, 0.25) is 0 Å². The zero-order chi connectivity index (χ0) is 12.1. The molecule has 0 aliphatic rings. The third-order valence-corrected chi connectivity index (χ3v) is 2.58. The molecule has 1 atom stereocenters. The molecule has 0 aromatic heterocycles. The van der Waals surface area contributed by atoms with Gasteiger partial charge in [-0.1, -0.05) is 18.2 Å². The lowest BCUT2D eigenvalue weighted by Crippen LogP contribution is -2.38. The topological polar surface area (TPSA) is 32.3 Å². The Bertz CT molecular complexity index is 368. The molecule has 0 heterocycles. The van der Waals surface area contributed by atoms with Crippen LogP contribution in [0.15, 0.2) is 24.3 Å². The first-order valence-electron chi connectivity index (χ1n) is 5.33. The maximum Gasteiger partial charge on any atom is 0.317 e. The molecule has 2 amide bonds. The molecule has 16 heavy (non-hydrogen) atoms. The molecule has 0 saturated carbocycles. The van der Waals surface area contributed by atoms with Gasteiger partial charge in [-0.25, -0.2) is 9.18 Å². The maximum absolute atomic E-state index is 13.5. The minimum absolute atomic E-state index is 0.196. The fourth-order valence-electron chi connectivity index (χ4n) is 1.47. The number of carbonyl (C=O) groups is 1. The molecule has 0 spiro atoms. The summed E-state index contributed by atoms with van der Waals surface area (Å²) in [5, 5.41) is 2.68. The SMILES string of the molecule is CCNC(=O)N(C)C(C)c1ccccc1F. The lowest BCUT2D eigenvalue weighted by molar-refractivity contribution is 0.194. The summed E-state index contributed by atoms with van der Waals surface area (Å²) < 4.78 is 13.5. The predicted octanol–water partition coefficient (Wildman–Crippen LogP) is 2.55.